The van der Waals surface area contributed by atoms with Crippen molar-refractivity contribution >= 4 is 28.5 Å². The van der Waals surface area contributed by atoms with E-state index in [2.05, 4.69) is 48.0 Å². The van der Waals surface area contributed by atoms with E-state index in [0.29, 0.717) is 0 Å². The molecule has 0 atom stereocenters. The number of carbonyl (C=O) groups is 1. The summed E-state index contributed by atoms with van der Waals surface area (Å²) in [6.07, 6.45) is 2.69. The SMILES string of the molecule is CCc1nc2c(C)cc(C)nc2n1Cc1ccc2c(c1)CCc1cc(CC(=O)O)ccc1N2. The third kappa shape index (κ3) is 4.09. The van der Waals surface area contributed by atoms with Crippen LogP contribution < -0.4 is 5.32 Å². The summed E-state index contributed by atoms with van der Waals surface area (Å²) in [4.78, 5) is 20.8. The third-order valence-corrected chi connectivity index (χ3v) is 6.39. The average molecular weight is 441 g/mol. The minimum atomic E-state index is -0.803. The van der Waals surface area contributed by atoms with Crippen LogP contribution >= 0.6 is 0 Å². The van der Waals surface area contributed by atoms with E-state index >= 15 is 0 Å². The highest BCUT2D eigenvalue weighted by atomic mass is 16.4. The highest BCUT2D eigenvalue weighted by molar-refractivity contribution is 5.76. The molecule has 4 aromatic rings. The fraction of sp³-hybridized carbons (Fsp3) is 0.296. The van der Waals surface area contributed by atoms with E-state index in [-0.39, 0.29) is 6.42 Å². The number of fused-ring (bicyclic) bond motifs is 3. The Morgan fingerprint density at radius 2 is 1.67 bits per heavy atom. The zero-order valence-electron chi connectivity index (χ0n) is 19.3. The van der Waals surface area contributed by atoms with Crippen LogP contribution in [0.5, 0.6) is 0 Å². The lowest BCUT2D eigenvalue weighted by atomic mass is 10.0. The van der Waals surface area contributed by atoms with E-state index in [1.165, 1.54) is 11.1 Å². The normalized spacial score (nSPS) is 12.7. The summed E-state index contributed by atoms with van der Waals surface area (Å²) in [7, 11) is 0. The van der Waals surface area contributed by atoms with E-state index in [9.17, 15) is 4.79 Å². The Morgan fingerprint density at radius 3 is 2.33 bits per heavy atom. The number of nitrogens with zero attached hydrogens (tertiary/aromatic N) is 3. The van der Waals surface area contributed by atoms with Crippen LogP contribution in [0.3, 0.4) is 0 Å². The number of benzene rings is 2. The Bertz CT molecular complexity index is 1390. The van der Waals surface area contributed by atoms with Crippen LogP contribution in [0.25, 0.3) is 11.2 Å². The maximum Gasteiger partial charge on any atom is 0.307 e. The lowest BCUT2D eigenvalue weighted by Crippen LogP contribution is -2.06. The van der Waals surface area contributed by atoms with Gasteiger partial charge in [0.15, 0.2) is 5.65 Å². The molecule has 2 aromatic heterocycles. The van der Waals surface area contributed by atoms with Crippen LogP contribution in [0.15, 0.2) is 42.5 Å². The molecule has 0 bridgehead atoms. The average Bonchev–Trinajstić information content (AvgIpc) is 3.01. The van der Waals surface area contributed by atoms with Gasteiger partial charge in [-0.15, -0.1) is 0 Å². The fourth-order valence-corrected chi connectivity index (χ4v) is 4.82. The van der Waals surface area contributed by atoms with E-state index in [1.807, 2.05) is 25.1 Å². The molecule has 6 heteroatoms. The number of nitrogens with one attached hydrogen (secondary N) is 1. The van der Waals surface area contributed by atoms with Gasteiger partial charge in [-0.1, -0.05) is 31.2 Å². The second-order valence-corrected chi connectivity index (χ2v) is 8.90. The molecule has 0 amide bonds. The lowest BCUT2D eigenvalue weighted by Gasteiger charge is -2.13. The summed E-state index contributed by atoms with van der Waals surface area (Å²) in [6, 6.07) is 14.6. The molecule has 0 fully saturated rings. The second kappa shape index (κ2) is 8.35. The van der Waals surface area contributed by atoms with Crippen molar-refractivity contribution in [1.82, 2.24) is 14.5 Å². The van der Waals surface area contributed by atoms with Crippen LogP contribution in [0.2, 0.25) is 0 Å². The standard InChI is InChI=1S/C27H28N4O2/c1-4-24-30-26-16(2)11-17(3)28-27(26)31(24)15-19-6-10-23-21(13-19)8-7-20-12-18(14-25(32)33)5-9-22(20)29-23/h5-6,9-13,29H,4,7-8,14-15H2,1-3H3,(H,32,33). The number of anilines is 2. The molecule has 33 heavy (non-hydrogen) atoms. The van der Waals surface area contributed by atoms with Gasteiger partial charge in [0.05, 0.1) is 13.0 Å². The van der Waals surface area contributed by atoms with Gasteiger partial charge in [0, 0.05) is 23.5 Å². The molecule has 5 rings (SSSR count). The first kappa shape index (κ1) is 21.2. The first-order chi connectivity index (χ1) is 15.9. The van der Waals surface area contributed by atoms with Crippen LogP contribution in [0.1, 0.15) is 46.3 Å². The van der Waals surface area contributed by atoms with E-state index in [4.69, 9.17) is 15.1 Å². The van der Waals surface area contributed by atoms with Crippen molar-refractivity contribution < 1.29 is 9.90 Å². The van der Waals surface area contributed by atoms with Gasteiger partial charge >= 0.3 is 5.97 Å². The maximum atomic E-state index is 11.1. The van der Waals surface area contributed by atoms with Crippen molar-refractivity contribution in [3.8, 4) is 0 Å². The van der Waals surface area contributed by atoms with Crippen LogP contribution in [-0.4, -0.2) is 25.6 Å². The Balaban J connectivity index is 1.46. The van der Waals surface area contributed by atoms with Crippen LogP contribution in [0, 0.1) is 13.8 Å². The molecule has 1 aliphatic heterocycles. The molecule has 0 saturated carbocycles. The van der Waals surface area contributed by atoms with Crippen molar-refractivity contribution in [2.75, 3.05) is 5.32 Å². The Kier molecular flexibility index (Phi) is 5.36. The van der Waals surface area contributed by atoms with Gasteiger partial charge in [0.25, 0.3) is 0 Å². The summed E-state index contributed by atoms with van der Waals surface area (Å²) < 4.78 is 2.24. The molecule has 6 nitrogen and oxygen atoms in total. The number of aliphatic carboxylic acids is 1. The maximum absolute atomic E-state index is 11.1. The topological polar surface area (TPSA) is 80.0 Å². The van der Waals surface area contributed by atoms with Gasteiger partial charge in [0.2, 0.25) is 0 Å². The minimum Gasteiger partial charge on any atom is -0.481 e. The summed E-state index contributed by atoms with van der Waals surface area (Å²) in [5.41, 5.74) is 10.8. The van der Waals surface area contributed by atoms with Gasteiger partial charge < -0.3 is 15.0 Å². The molecule has 168 valence electrons. The molecule has 0 saturated heterocycles. The number of rotatable bonds is 5. The number of aromatic nitrogens is 3. The molecule has 0 aliphatic carbocycles. The van der Waals surface area contributed by atoms with Crippen LogP contribution in [0.4, 0.5) is 11.4 Å². The van der Waals surface area contributed by atoms with E-state index in [1.54, 1.807) is 0 Å². The third-order valence-electron chi connectivity index (χ3n) is 6.39. The number of pyridine rings is 1. The number of hydrogen-bond donors (Lipinski definition) is 2. The number of carboxylic acids is 1. The summed E-state index contributed by atoms with van der Waals surface area (Å²) in [5, 5.41) is 12.7. The van der Waals surface area contributed by atoms with Gasteiger partial charge in [0.1, 0.15) is 11.3 Å². The number of aryl methyl sites for hydroxylation is 5. The van der Waals surface area contributed by atoms with Gasteiger partial charge in [-0.3, -0.25) is 4.79 Å². The van der Waals surface area contributed by atoms with Gasteiger partial charge in [-0.2, -0.15) is 0 Å². The van der Waals surface area contributed by atoms with E-state index < -0.39 is 5.97 Å². The summed E-state index contributed by atoms with van der Waals surface area (Å²) in [5.74, 6) is 0.250. The van der Waals surface area contributed by atoms with E-state index in [0.717, 1.165) is 76.6 Å². The molecule has 0 radical (unpaired) electrons. The largest absolute Gasteiger partial charge is 0.481 e. The number of imidazole rings is 1. The van der Waals surface area contributed by atoms with Crippen molar-refractivity contribution in [2.24, 2.45) is 0 Å². The zero-order chi connectivity index (χ0) is 23.1. The molecule has 3 heterocycles. The first-order valence-electron chi connectivity index (χ1n) is 11.5. The molecule has 2 N–H and O–H groups in total. The first-order valence-corrected chi connectivity index (χ1v) is 11.5. The quantitative estimate of drug-likeness (QED) is 0.450. The highest BCUT2D eigenvalue weighted by Gasteiger charge is 2.17. The summed E-state index contributed by atoms with van der Waals surface area (Å²) >= 11 is 0. The van der Waals surface area contributed by atoms with Crippen molar-refractivity contribution in [1.29, 1.82) is 0 Å². The highest BCUT2D eigenvalue weighted by Crippen LogP contribution is 2.32. The Morgan fingerprint density at radius 1 is 1.00 bits per heavy atom. The van der Waals surface area contributed by atoms with Crippen LogP contribution in [-0.2, 0) is 37.0 Å². The molecular formula is C27H28N4O2. The van der Waals surface area contributed by atoms with Crippen molar-refractivity contribution in [3.05, 3.63) is 81.8 Å². The minimum absolute atomic E-state index is 0.0516. The van der Waals surface area contributed by atoms with Gasteiger partial charge in [-0.05, 0) is 72.7 Å². The zero-order valence-corrected chi connectivity index (χ0v) is 19.3. The Hall–Kier alpha value is -3.67. The van der Waals surface area contributed by atoms with Gasteiger partial charge in [-0.25, -0.2) is 9.97 Å². The lowest BCUT2D eigenvalue weighted by molar-refractivity contribution is -0.136. The summed E-state index contributed by atoms with van der Waals surface area (Å²) in [6.45, 7) is 7.00. The predicted molar refractivity (Wildman–Crippen MR) is 130 cm³/mol. The molecular weight excluding hydrogens is 412 g/mol. The molecule has 0 unspecified atom stereocenters. The molecule has 0 spiro atoms. The number of hydrogen-bond acceptors (Lipinski definition) is 4. The van der Waals surface area contributed by atoms with Crippen molar-refractivity contribution in [2.45, 2.75) is 53.0 Å². The monoisotopic (exact) mass is 440 g/mol. The number of carboxylic acid groups (broad SMARTS) is 1. The molecule has 2 aromatic carbocycles. The smallest absolute Gasteiger partial charge is 0.307 e. The molecule has 1 aliphatic rings. The second-order valence-electron chi connectivity index (χ2n) is 8.90. The Labute approximate surface area is 193 Å². The van der Waals surface area contributed by atoms with Crippen molar-refractivity contribution in [3.63, 3.8) is 0 Å². The predicted octanol–water partition coefficient (Wildman–Crippen LogP) is 5.13. The fourth-order valence-electron chi connectivity index (χ4n) is 4.82.